The second-order valence-corrected chi connectivity index (χ2v) is 8.51. The molecule has 4 atom stereocenters. The highest BCUT2D eigenvalue weighted by atomic mass is 16.6. The molecule has 0 unspecified atom stereocenters. The Balaban J connectivity index is 1.46. The summed E-state index contributed by atoms with van der Waals surface area (Å²) in [7, 11) is 0. The smallest absolute Gasteiger partial charge is 0.330 e. The van der Waals surface area contributed by atoms with Gasteiger partial charge in [-0.05, 0) is 11.1 Å². The predicted molar refractivity (Wildman–Crippen MR) is 126 cm³/mol. The fourth-order valence-corrected chi connectivity index (χ4v) is 4.40. The second-order valence-electron chi connectivity index (χ2n) is 8.51. The maximum absolute atomic E-state index is 12.8. The number of carbonyl (C=O) groups excluding carboxylic acids is 2. The van der Waals surface area contributed by atoms with Crippen molar-refractivity contribution in [3.8, 4) is 17.2 Å². The van der Waals surface area contributed by atoms with Crippen molar-refractivity contribution >= 4 is 11.8 Å². The van der Waals surface area contributed by atoms with Crippen LogP contribution in [0.2, 0.25) is 0 Å². The summed E-state index contributed by atoms with van der Waals surface area (Å²) in [5.74, 6) is -0.615. The number of ether oxygens (including phenoxy) is 3. The first kappa shape index (κ1) is 22.7. The van der Waals surface area contributed by atoms with Crippen LogP contribution in [0, 0.1) is 0 Å². The van der Waals surface area contributed by atoms with E-state index in [0.717, 1.165) is 5.56 Å². The third-order valence-corrected chi connectivity index (χ3v) is 6.12. The molecular formula is C28H24O7. The molecule has 0 fully saturated rings. The molecule has 0 aliphatic carbocycles. The molecule has 0 radical (unpaired) electrons. The Morgan fingerprint density at radius 2 is 1.66 bits per heavy atom. The number of rotatable bonds is 6. The summed E-state index contributed by atoms with van der Waals surface area (Å²) in [6.45, 7) is 0. The van der Waals surface area contributed by atoms with Crippen LogP contribution >= 0.6 is 0 Å². The molecule has 2 aliphatic rings. The van der Waals surface area contributed by atoms with Gasteiger partial charge in [-0.3, -0.25) is 4.79 Å². The number of phenols is 1. The number of aliphatic hydroxyl groups is 1. The number of carbonyl (C=O) groups is 2. The molecule has 2 aliphatic heterocycles. The van der Waals surface area contributed by atoms with Gasteiger partial charge in [-0.25, -0.2) is 4.79 Å². The van der Waals surface area contributed by atoms with Gasteiger partial charge in [-0.1, -0.05) is 66.7 Å². The van der Waals surface area contributed by atoms with Crippen molar-refractivity contribution in [2.45, 2.75) is 37.3 Å². The molecule has 0 aromatic heterocycles. The lowest BCUT2D eigenvalue weighted by atomic mass is 9.95. The maximum Gasteiger partial charge on any atom is 0.330 e. The van der Waals surface area contributed by atoms with Crippen LogP contribution in [0.5, 0.6) is 17.2 Å². The lowest BCUT2D eigenvalue weighted by molar-refractivity contribution is -0.154. The van der Waals surface area contributed by atoms with Crippen molar-refractivity contribution in [2.24, 2.45) is 0 Å². The van der Waals surface area contributed by atoms with Crippen molar-refractivity contribution in [3.05, 3.63) is 102 Å². The molecule has 0 saturated carbocycles. The van der Waals surface area contributed by atoms with E-state index >= 15 is 0 Å². The van der Waals surface area contributed by atoms with Crippen LogP contribution in [0.4, 0.5) is 0 Å². The van der Waals surface area contributed by atoms with Gasteiger partial charge in [-0.15, -0.1) is 0 Å². The quantitative estimate of drug-likeness (QED) is 0.511. The highest BCUT2D eigenvalue weighted by Crippen LogP contribution is 2.43. The molecule has 7 nitrogen and oxygen atoms in total. The molecule has 2 N–H and O–H groups in total. The van der Waals surface area contributed by atoms with Crippen LogP contribution in [0.3, 0.4) is 0 Å². The van der Waals surface area contributed by atoms with Gasteiger partial charge in [0.05, 0.1) is 6.42 Å². The first-order valence-corrected chi connectivity index (χ1v) is 11.4. The fraction of sp³-hybridized carbons (Fsp3) is 0.214. The maximum atomic E-state index is 12.8. The van der Waals surface area contributed by atoms with Gasteiger partial charge in [0.1, 0.15) is 41.1 Å². The van der Waals surface area contributed by atoms with Crippen molar-refractivity contribution in [3.63, 3.8) is 0 Å². The lowest BCUT2D eigenvalue weighted by Crippen LogP contribution is -2.39. The number of hydrogen-bond acceptors (Lipinski definition) is 7. The van der Waals surface area contributed by atoms with Crippen molar-refractivity contribution in [2.75, 3.05) is 0 Å². The zero-order valence-corrected chi connectivity index (χ0v) is 18.7. The summed E-state index contributed by atoms with van der Waals surface area (Å²) < 4.78 is 17.5. The fourth-order valence-electron chi connectivity index (χ4n) is 4.40. The third kappa shape index (κ3) is 4.76. The van der Waals surface area contributed by atoms with Crippen LogP contribution in [0.1, 0.15) is 46.5 Å². The minimum atomic E-state index is -1.19. The summed E-state index contributed by atoms with van der Waals surface area (Å²) in [4.78, 5) is 24.6. The zero-order chi connectivity index (χ0) is 24.4. The summed E-state index contributed by atoms with van der Waals surface area (Å²) in [5, 5.41) is 21.8. The van der Waals surface area contributed by atoms with Gasteiger partial charge in [0.25, 0.3) is 0 Å². The number of aromatic hydroxyl groups is 1. The van der Waals surface area contributed by atoms with E-state index < -0.39 is 30.4 Å². The minimum absolute atomic E-state index is 0.104. The normalized spacial score (nSPS) is 20.8. The number of benzene rings is 3. The first-order valence-electron chi connectivity index (χ1n) is 11.4. The molecule has 7 heteroatoms. The van der Waals surface area contributed by atoms with Crippen molar-refractivity contribution < 1.29 is 34.0 Å². The average molecular weight is 472 g/mol. The Morgan fingerprint density at radius 3 is 2.37 bits per heavy atom. The Hall–Kier alpha value is -4.10. The van der Waals surface area contributed by atoms with Crippen molar-refractivity contribution in [1.29, 1.82) is 0 Å². The molecule has 35 heavy (non-hydrogen) atoms. The summed E-state index contributed by atoms with van der Waals surface area (Å²) in [5.41, 5.74) is 1.61. The Labute approximate surface area is 202 Å². The molecular weight excluding hydrogens is 448 g/mol. The Morgan fingerprint density at radius 1 is 0.943 bits per heavy atom. The van der Waals surface area contributed by atoms with E-state index in [2.05, 4.69) is 0 Å². The van der Waals surface area contributed by atoms with E-state index in [0.29, 0.717) is 12.0 Å². The van der Waals surface area contributed by atoms with Gasteiger partial charge in [-0.2, -0.15) is 0 Å². The summed E-state index contributed by atoms with van der Waals surface area (Å²) in [6, 6.07) is 21.3. The molecule has 178 valence electrons. The Bertz CT molecular complexity index is 1250. The average Bonchev–Trinajstić information content (AvgIpc) is 2.87. The van der Waals surface area contributed by atoms with E-state index in [1.54, 1.807) is 18.2 Å². The highest BCUT2D eigenvalue weighted by molar-refractivity contribution is 6.02. The second kappa shape index (κ2) is 9.64. The van der Waals surface area contributed by atoms with E-state index in [1.807, 2.05) is 48.5 Å². The number of fused-ring (bicyclic) bond motifs is 1. The van der Waals surface area contributed by atoms with E-state index in [1.165, 1.54) is 18.2 Å². The number of hydrogen-bond donors (Lipinski definition) is 2. The third-order valence-electron chi connectivity index (χ3n) is 6.12. The zero-order valence-electron chi connectivity index (χ0n) is 18.7. The molecule has 0 bridgehead atoms. The van der Waals surface area contributed by atoms with Gasteiger partial charge in [0, 0.05) is 24.6 Å². The summed E-state index contributed by atoms with van der Waals surface area (Å²) in [6.07, 6.45) is 0.0172. The van der Waals surface area contributed by atoms with Crippen LogP contribution in [-0.4, -0.2) is 34.2 Å². The molecule has 3 aromatic rings. The molecule has 0 saturated heterocycles. The number of esters is 1. The lowest BCUT2D eigenvalue weighted by Gasteiger charge is -2.31. The SMILES string of the molecule is O=C1C=CC[C@@H]([C@H](O)[C@@H](Oc2cc(O)c3c(c2)O[C@H](c2ccccc2)CC3=O)c2ccccc2)O1. The number of ketones is 1. The Kier molecular flexibility index (Phi) is 6.25. The summed E-state index contributed by atoms with van der Waals surface area (Å²) >= 11 is 0. The number of aliphatic hydroxyl groups excluding tert-OH is 1. The monoisotopic (exact) mass is 472 g/mol. The number of Topliss-reactive ketones (excluding diaryl/α,β-unsaturated/α-hetero) is 1. The van der Waals surface area contributed by atoms with Crippen molar-refractivity contribution in [1.82, 2.24) is 0 Å². The largest absolute Gasteiger partial charge is 0.507 e. The molecule has 0 amide bonds. The van der Waals surface area contributed by atoms with Crippen LogP contribution < -0.4 is 9.47 Å². The first-order chi connectivity index (χ1) is 17.0. The minimum Gasteiger partial charge on any atom is -0.507 e. The molecule has 5 rings (SSSR count). The predicted octanol–water partition coefficient (Wildman–Crippen LogP) is 4.45. The van der Waals surface area contributed by atoms with Gasteiger partial charge in [0.15, 0.2) is 11.9 Å². The van der Waals surface area contributed by atoms with Gasteiger partial charge < -0.3 is 24.4 Å². The van der Waals surface area contributed by atoms with Crippen LogP contribution in [0.25, 0.3) is 0 Å². The van der Waals surface area contributed by atoms with E-state index in [4.69, 9.17) is 14.2 Å². The van der Waals surface area contributed by atoms with Crippen LogP contribution in [0.15, 0.2) is 84.9 Å². The van der Waals surface area contributed by atoms with Gasteiger partial charge in [0.2, 0.25) is 0 Å². The molecule has 2 heterocycles. The highest BCUT2D eigenvalue weighted by Gasteiger charge is 2.35. The number of cyclic esters (lactones) is 1. The van der Waals surface area contributed by atoms with Crippen LogP contribution in [-0.2, 0) is 9.53 Å². The molecule has 0 spiro atoms. The molecule has 3 aromatic carbocycles. The number of phenolic OH excluding ortho intramolecular Hbond substituents is 1. The standard InChI is InChI=1S/C28H24O7/c29-20-14-19(15-24-26(20)21(30)16-23(34-24)17-8-3-1-4-9-17)33-28(18-10-5-2-6-11-18)27(32)22-12-7-13-25(31)35-22/h1-11,13-15,22-23,27-29,32H,12,16H2/t22-,23-,27-,28-/m0/s1. The van der Waals surface area contributed by atoms with E-state index in [9.17, 15) is 19.8 Å². The topological polar surface area (TPSA) is 102 Å². The van der Waals surface area contributed by atoms with E-state index in [-0.39, 0.29) is 35.0 Å². The van der Waals surface area contributed by atoms with Gasteiger partial charge >= 0.3 is 5.97 Å².